The Bertz CT molecular complexity index is 79.0. The van der Waals surface area contributed by atoms with Crippen LogP contribution in [0.25, 0.3) is 0 Å². The van der Waals surface area contributed by atoms with Crippen LogP contribution < -0.4 is 0 Å². The average molecular weight is 130 g/mol. The minimum atomic E-state index is 0.356. The number of hydrogen-bond acceptors (Lipinski definition) is 2. The van der Waals surface area contributed by atoms with Crippen molar-refractivity contribution in [2.45, 2.75) is 32.0 Å². The Morgan fingerprint density at radius 1 is 1.78 bits per heavy atom. The van der Waals surface area contributed by atoms with E-state index < -0.39 is 0 Å². The Labute approximate surface area is 56.2 Å². The van der Waals surface area contributed by atoms with Crippen LogP contribution in [0.1, 0.15) is 19.8 Å². The fourth-order valence-electron chi connectivity index (χ4n) is 1.01. The van der Waals surface area contributed by atoms with Crippen LogP contribution in [-0.2, 0) is 9.47 Å². The van der Waals surface area contributed by atoms with E-state index in [1.165, 1.54) is 6.42 Å². The number of hydrogen-bond donors (Lipinski definition) is 0. The zero-order chi connectivity index (χ0) is 6.69. The van der Waals surface area contributed by atoms with Gasteiger partial charge in [0.15, 0.2) is 0 Å². The van der Waals surface area contributed by atoms with Crippen LogP contribution in [0.2, 0.25) is 0 Å². The zero-order valence-corrected chi connectivity index (χ0v) is 6.09. The first-order valence-electron chi connectivity index (χ1n) is 3.53. The highest BCUT2D eigenvalue weighted by atomic mass is 16.6. The van der Waals surface area contributed by atoms with E-state index in [0.717, 1.165) is 13.0 Å². The summed E-state index contributed by atoms with van der Waals surface area (Å²) in [6.45, 7) is 3.06. The van der Waals surface area contributed by atoms with Crippen molar-refractivity contribution < 1.29 is 9.47 Å². The van der Waals surface area contributed by atoms with Crippen molar-refractivity contribution in [1.82, 2.24) is 0 Å². The number of rotatable bonds is 4. The fourth-order valence-corrected chi connectivity index (χ4v) is 1.01. The molecule has 54 valence electrons. The zero-order valence-electron chi connectivity index (χ0n) is 6.09. The quantitative estimate of drug-likeness (QED) is 0.533. The summed E-state index contributed by atoms with van der Waals surface area (Å²) in [6.07, 6.45) is 3.07. The van der Waals surface area contributed by atoms with Crippen LogP contribution in [0, 0.1) is 0 Å². The molecule has 1 saturated heterocycles. The lowest BCUT2D eigenvalue weighted by molar-refractivity contribution is 0.0689. The Kier molecular flexibility index (Phi) is 2.49. The van der Waals surface area contributed by atoms with Gasteiger partial charge in [-0.05, 0) is 6.42 Å². The summed E-state index contributed by atoms with van der Waals surface area (Å²) in [4.78, 5) is 0. The maximum absolute atomic E-state index is 5.19. The highest BCUT2D eigenvalue weighted by molar-refractivity contribution is 4.78. The molecule has 0 N–H and O–H groups in total. The molecule has 2 nitrogen and oxygen atoms in total. The van der Waals surface area contributed by atoms with E-state index in [2.05, 4.69) is 6.92 Å². The van der Waals surface area contributed by atoms with Crippen LogP contribution in [0.3, 0.4) is 0 Å². The Balaban J connectivity index is 2.12. The minimum absolute atomic E-state index is 0.356. The molecular weight excluding hydrogens is 116 g/mol. The molecule has 0 aliphatic carbocycles. The molecule has 2 atom stereocenters. The topological polar surface area (TPSA) is 21.8 Å². The lowest BCUT2D eigenvalue weighted by Crippen LogP contribution is -2.17. The van der Waals surface area contributed by atoms with Crippen molar-refractivity contribution in [3.8, 4) is 0 Å². The van der Waals surface area contributed by atoms with Gasteiger partial charge in [-0.2, -0.15) is 0 Å². The monoisotopic (exact) mass is 130 g/mol. The molecule has 0 bridgehead atoms. The van der Waals surface area contributed by atoms with Gasteiger partial charge in [0.25, 0.3) is 0 Å². The summed E-state index contributed by atoms with van der Waals surface area (Å²) >= 11 is 0. The number of epoxide rings is 1. The molecule has 0 aromatic rings. The molecule has 1 aliphatic heterocycles. The molecule has 0 amide bonds. The third-order valence-electron chi connectivity index (χ3n) is 1.65. The molecule has 2 unspecified atom stereocenters. The van der Waals surface area contributed by atoms with Crippen LogP contribution in [0.15, 0.2) is 0 Å². The Hall–Kier alpha value is -0.0800. The van der Waals surface area contributed by atoms with Gasteiger partial charge in [0.2, 0.25) is 0 Å². The van der Waals surface area contributed by atoms with E-state index in [0.29, 0.717) is 12.2 Å². The largest absolute Gasteiger partial charge is 0.379 e. The molecular formula is C7H14O2. The first-order valence-corrected chi connectivity index (χ1v) is 3.53. The van der Waals surface area contributed by atoms with Crippen LogP contribution in [-0.4, -0.2) is 25.9 Å². The fraction of sp³-hybridized carbons (Fsp3) is 1.00. The van der Waals surface area contributed by atoms with Gasteiger partial charge >= 0.3 is 0 Å². The molecule has 1 fully saturated rings. The highest BCUT2D eigenvalue weighted by Gasteiger charge is 2.31. The summed E-state index contributed by atoms with van der Waals surface area (Å²) in [5.41, 5.74) is 0. The maximum atomic E-state index is 5.19. The summed E-state index contributed by atoms with van der Waals surface area (Å²) in [5.74, 6) is 0. The normalized spacial score (nSPS) is 28.0. The van der Waals surface area contributed by atoms with E-state index in [1.54, 1.807) is 7.11 Å². The van der Waals surface area contributed by atoms with E-state index in [1.807, 2.05) is 0 Å². The summed E-state index contributed by atoms with van der Waals surface area (Å²) in [7, 11) is 1.75. The van der Waals surface area contributed by atoms with Gasteiger partial charge < -0.3 is 9.47 Å². The van der Waals surface area contributed by atoms with Crippen LogP contribution >= 0.6 is 0 Å². The second-order valence-corrected chi connectivity index (χ2v) is 2.43. The van der Waals surface area contributed by atoms with Crippen LogP contribution in [0.4, 0.5) is 0 Å². The van der Waals surface area contributed by atoms with Gasteiger partial charge in [-0.1, -0.05) is 13.3 Å². The van der Waals surface area contributed by atoms with Crippen molar-refractivity contribution in [3.05, 3.63) is 0 Å². The molecule has 0 aromatic carbocycles. The highest BCUT2D eigenvalue weighted by Crippen LogP contribution is 2.19. The first-order chi connectivity index (χ1) is 4.38. The average Bonchev–Trinajstić information content (AvgIpc) is 2.64. The molecule has 1 aliphatic rings. The molecule has 0 aromatic heterocycles. The second-order valence-electron chi connectivity index (χ2n) is 2.43. The Morgan fingerprint density at radius 2 is 2.44 bits per heavy atom. The second kappa shape index (κ2) is 3.18. The molecule has 1 rings (SSSR count). The first kappa shape index (κ1) is 7.03. The summed E-state index contributed by atoms with van der Waals surface area (Å²) in [6, 6.07) is 0. The SMILES string of the molecule is CCCC(OC)C1CO1. The van der Waals surface area contributed by atoms with Crippen molar-refractivity contribution in [2.24, 2.45) is 0 Å². The standard InChI is InChI=1S/C7H14O2/c1-3-4-6(8-2)7-5-9-7/h6-7H,3-5H2,1-2H3. The van der Waals surface area contributed by atoms with E-state index in [9.17, 15) is 0 Å². The predicted octanol–water partition coefficient (Wildman–Crippen LogP) is 1.20. The van der Waals surface area contributed by atoms with Crippen molar-refractivity contribution >= 4 is 0 Å². The minimum Gasteiger partial charge on any atom is -0.379 e. The molecule has 0 spiro atoms. The number of ether oxygens (including phenoxy) is 2. The van der Waals surface area contributed by atoms with Gasteiger partial charge in [-0.15, -0.1) is 0 Å². The third kappa shape index (κ3) is 1.95. The maximum Gasteiger partial charge on any atom is 0.107 e. The van der Waals surface area contributed by atoms with Gasteiger partial charge in [-0.25, -0.2) is 0 Å². The summed E-state index contributed by atoms with van der Waals surface area (Å²) in [5, 5.41) is 0. The molecule has 0 radical (unpaired) electrons. The van der Waals surface area contributed by atoms with Crippen molar-refractivity contribution in [1.29, 1.82) is 0 Å². The van der Waals surface area contributed by atoms with Gasteiger partial charge in [0.1, 0.15) is 6.10 Å². The van der Waals surface area contributed by atoms with Crippen molar-refractivity contribution in [2.75, 3.05) is 13.7 Å². The van der Waals surface area contributed by atoms with E-state index in [4.69, 9.17) is 9.47 Å². The van der Waals surface area contributed by atoms with Gasteiger partial charge in [-0.3, -0.25) is 0 Å². The lowest BCUT2D eigenvalue weighted by atomic mass is 10.1. The number of methoxy groups -OCH3 is 1. The third-order valence-corrected chi connectivity index (χ3v) is 1.65. The molecule has 0 saturated carbocycles. The van der Waals surface area contributed by atoms with Gasteiger partial charge in [0.05, 0.1) is 12.7 Å². The van der Waals surface area contributed by atoms with Gasteiger partial charge in [0, 0.05) is 7.11 Å². The summed E-state index contributed by atoms with van der Waals surface area (Å²) < 4.78 is 10.3. The predicted molar refractivity (Wildman–Crippen MR) is 35.4 cm³/mol. The molecule has 2 heteroatoms. The molecule has 1 heterocycles. The van der Waals surface area contributed by atoms with Crippen LogP contribution in [0.5, 0.6) is 0 Å². The molecule has 9 heavy (non-hydrogen) atoms. The van der Waals surface area contributed by atoms with E-state index in [-0.39, 0.29) is 0 Å². The van der Waals surface area contributed by atoms with E-state index >= 15 is 0 Å². The smallest absolute Gasteiger partial charge is 0.107 e. The Morgan fingerprint density at radius 3 is 2.78 bits per heavy atom. The van der Waals surface area contributed by atoms with Crippen molar-refractivity contribution in [3.63, 3.8) is 0 Å². The lowest BCUT2D eigenvalue weighted by Gasteiger charge is -2.09.